The van der Waals surface area contributed by atoms with Crippen LogP contribution in [0.3, 0.4) is 0 Å². The SMILES string of the molecule is C=NS(=C)(=O)OC.CCc1cncc(CC(=O)OC)c1. The van der Waals surface area contributed by atoms with Gasteiger partial charge in [0.15, 0.2) is 9.99 Å². The van der Waals surface area contributed by atoms with E-state index < -0.39 is 9.99 Å². The van der Waals surface area contributed by atoms with Crippen molar-refractivity contribution in [2.75, 3.05) is 14.2 Å². The third kappa shape index (κ3) is 7.65. The summed E-state index contributed by atoms with van der Waals surface area (Å²) in [4.78, 5) is 15.0. The summed E-state index contributed by atoms with van der Waals surface area (Å²) in [5.41, 5.74) is 2.05. The van der Waals surface area contributed by atoms with Crippen LogP contribution >= 0.6 is 0 Å². The molecule has 1 aromatic rings. The molecule has 0 amide bonds. The van der Waals surface area contributed by atoms with Crippen molar-refractivity contribution < 1.29 is 17.9 Å². The van der Waals surface area contributed by atoms with Crippen molar-refractivity contribution in [1.82, 2.24) is 4.98 Å². The van der Waals surface area contributed by atoms with Crippen LogP contribution in [0.15, 0.2) is 22.9 Å². The van der Waals surface area contributed by atoms with Gasteiger partial charge in [0.05, 0.1) is 20.6 Å². The van der Waals surface area contributed by atoms with Crippen LogP contribution in [0.1, 0.15) is 18.1 Å². The topological polar surface area (TPSA) is 77.9 Å². The second kappa shape index (κ2) is 9.22. The van der Waals surface area contributed by atoms with Gasteiger partial charge in [-0.25, -0.2) is 4.21 Å². The van der Waals surface area contributed by atoms with E-state index in [1.807, 2.05) is 6.07 Å². The average Bonchev–Trinajstić information content (AvgIpc) is 2.48. The zero-order chi connectivity index (χ0) is 15.6. The molecule has 0 bridgehead atoms. The summed E-state index contributed by atoms with van der Waals surface area (Å²) < 4.78 is 22.3. The first kappa shape index (κ1) is 18.3. The number of aryl methyl sites for hydroxylation is 1. The van der Waals surface area contributed by atoms with E-state index in [2.05, 4.69) is 37.8 Å². The molecule has 0 saturated heterocycles. The van der Waals surface area contributed by atoms with E-state index in [-0.39, 0.29) is 5.97 Å². The number of hydrogen-bond donors (Lipinski definition) is 0. The molecular formula is C13H20N2O4S. The first-order valence-corrected chi connectivity index (χ1v) is 7.39. The predicted molar refractivity (Wildman–Crippen MR) is 81.2 cm³/mol. The van der Waals surface area contributed by atoms with Crippen LogP contribution in [-0.4, -0.2) is 42.0 Å². The van der Waals surface area contributed by atoms with Crippen LogP contribution in [0.25, 0.3) is 0 Å². The summed E-state index contributed by atoms with van der Waals surface area (Å²) in [5.74, 6) is 2.86. The summed E-state index contributed by atoms with van der Waals surface area (Å²) in [5, 5.41) is 0. The normalized spacial score (nSPS) is 12.6. The molecule has 1 heterocycles. The van der Waals surface area contributed by atoms with Crippen LogP contribution in [0.4, 0.5) is 0 Å². The highest BCUT2D eigenvalue weighted by atomic mass is 32.2. The number of rotatable bonds is 5. The Bertz CT molecular complexity index is 541. The number of aromatic nitrogens is 1. The van der Waals surface area contributed by atoms with Crippen molar-refractivity contribution in [1.29, 1.82) is 0 Å². The summed E-state index contributed by atoms with van der Waals surface area (Å²) in [6.07, 6.45) is 4.73. The molecule has 0 aromatic carbocycles. The Morgan fingerprint density at radius 1 is 1.40 bits per heavy atom. The Hall–Kier alpha value is -1.73. The van der Waals surface area contributed by atoms with Gasteiger partial charge < -0.3 is 4.74 Å². The largest absolute Gasteiger partial charge is 0.469 e. The molecule has 1 aromatic heterocycles. The van der Waals surface area contributed by atoms with Gasteiger partial charge in [-0.2, -0.15) is 4.40 Å². The number of esters is 1. The van der Waals surface area contributed by atoms with Crippen molar-refractivity contribution in [3.8, 4) is 0 Å². The molecule has 0 N–H and O–H groups in total. The van der Waals surface area contributed by atoms with E-state index in [1.165, 1.54) is 14.2 Å². The zero-order valence-electron chi connectivity index (χ0n) is 12.0. The van der Waals surface area contributed by atoms with Crippen LogP contribution in [0, 0.1) is 0 Å². The molecule has 0 radical (unpaired) electrons. The van der Waals surface area contributed by atoms with Crippen LogP contribution < -0.4 is 0 Å². The van der Waals surface area contributed by atoms with Gasteiger partial charge in [-0.15, -0.1) is 0 Å². The number of hydrogen-bond acceptors (Lipinski definition) is 5. The lowest BCUT2D eigenvalue weighted by molar-refractivity contribution is -0.139. The fourth-order valence-electron chi connectivity index (χ4n) is 1.12. The Morgan fingerprint density at radius 3 is 2.40 bits per heavy atom. The highest BCUT2D eigenvalue weighted by Gasteiger charge is 2.02. The molecule has 0 aliphatic heterocycles. The quantitative estimate of drug-likeness (QED) is 0.464. The van der Waals surface area contributed by atoms with Crippen LogP contribution in [-0.2, 0) is 36.5 Å². The molecule has 0 spiro atoms. The van der Waals surface area contributed by atoms with Gasteiger partial charge in [0.1, 0.15) is 0 Å². The smallest absolute Gasteiger partial charge is 0.310 e. The third-order valence-electron chi connectivity index (χ3n) is 2.29. The molecule has 0 aliphatic rings. The minimum absolute atomic E-state index is 0.227. The van der Waals surface area contributed by atoms with Gasteiger partial charge in [-0.3, -0.25) is 14.0 Å². The van der Waals surface area contributed by atoms with E-state index in [0.29, 0.717) is 6.42 Å². The Kier molecular flexibility index (Phi) is 8.42. The maximum atomic E-state index is 10.9. The number of methoxy groups -OCH3 is 1. The first-order valence-electron chi connectivity index (χ1n) is 5.78. The summed E-state index contributed by atoms with van der Waals surface area (Å²) in [7, 11) is 0.0127. The lowest BCUT2D eigenvalue weighted by Crippen LogP contribution is -2.05. The summed E-state index contributed by atoms with van der Waals surface area (Å²) in [6.45, 7) is 5.04. The van der Waals surface area contributed by atoms with Gasteiger partial charge in [-0.05, 0) is 17.5 Å². The molecule has 1 atom stereocenters. The maximum Gasteiger partial charge on any atom is 0.310 e. The fourth-order valence-corrected chi connectivity index (χ4v) is 1.23. The van der Waals surface area contributed by atoms with Gasteiger partial charge in [0.25, 0.3) is 0 Å². The molecule has 0 fully saturated rings. The van der Waals surface area contributed by atoms with Gasteiger partial charge >= 0.3 is 5.97 Å². The van der Waals surface area contributed by atoms with E-state index in [1.54, 1.807) is 12.4 Å². The average molecular weight is 300 g/mol. The molecule has 1 rings (SSSR count). The second-order valence-corrected chi connectivity index (χ2v) is 5.44. The number of pyridine rings is 1. The summed E-state index contributed by atoms with van der Waals surface area (Å²) >= 11 is 0. The molecule has 1 unspecified atom stereocenters. The van der Waals surface area contributed by atoms with Crippen molar-refractivity contribution in [2.45, 2.75) is 19.8 Å². The molecule has 7 heteroatoms. The van der Waals surface area contributed by atoms with Crippen LogP contribution in [0.5, 0.6) is 0 Å². The van der Waals surface area contributed by atoms with E-state index >= 15 is 0 Å². The van der Waals surface area contributed by atoms with Gasteiger partial charge in [-0.1, -0.05) is 13.0 Å². The molecule has 6 nitrogen and oxygen atoms in total. The Balaban J connectivity index is 0.000000441. The van der Waals surface area contributed by atoms with E-state index in [4.69, 9.17) is 0 Å². The summed E-state index contributed by atoms with van der Waals surface area (Å²) in [6, 6.07) is 1.98. The second-order valence-electron chi connectivity index (χ2n) is 3.69. The fraction of sp³-hybridized carbons (Fsp3) is 0.385. The number of ether oxygens (including phenoxy) is 1. The third-order valence-corrected chi connectivity index (χ3v) is 3.21. The molecule has 112 valence electrons. The predicted octanol–water partition coefficient (Wildman–Crippen LogP) is 1.24. The molecule has 0 saturated carbocycles. The van der Waals surface area contributed by atoms with Gasteiger partial charge in [0, 0.05) is 25.0 Å². The van der Waals surface area contributed by atoms with Crippen molar-refractivity contribution in [3.63, 3.8) is 0 Å². The Labute approximate surface area is 120 Å². The number of carbonyl (C=O) groups is 1. The van der Waals surface area contributed by atoms with Crippen molar-refractivity contribution in [3.05, 3.63) is 29.6 Å². The monoisotopic (exact) mass is 300 g/mol. The lowest BCUT2D eigenvalue weighted by Gasteiger charge is -2.01. The number of carbonyl (C=O) groups excluding carboxylic acids is 1. The van der Waals surface area contributed by atoms with Crippen molar-refractivity contribution >= 4 is 28.5 Å². The molecular weight excluding hydrogens is 280 g/mol. The standard InChI is InChI=1S/C10H13NO2.C3H7NO2S/c1-3-8-4-9(7-11-6-8)5-10(12)13-2;1-4-7(3,5)6-2/h4,6-7H,3,5H2,1-2H3;1,3H2,2H3. The van der Waals surface area contributed by atoms with Crippen molar-refractivity contribution in [2.24, 2.45) is 4.40 Å². The lowest BCUT2D eigenvalue weighted by atomic mass is 10.1. The highest BCUT2D eigenvalue weighted by molar-refractivity contribution is 7.94. The minimum Gasteiger partial charge on any atom is -0.469 e. The Morgan fingerprint density at radius 2 is 2.00 bits per heavy atom. The highest BCUT2D eigenvalue weighted by Crippen LogP contribution is 2.04. The number of nitrogens with zero attached hydrogens (tertiary/aromatic N) is 2. The van der Waals surface area contributed by atoms with E-state index in [9.17, 15) is 9.00 Å². The zero-order valence-corrected chi connectivity index (χ0v) is 12.8. The maximum absolute atomic E-state index is 10.9. The first-order chi connectivity index (χ1) is 9.38. The molecule has 0 aliphatic carbocycles. The van der Waals surface area contributed by atoms with E-state index in [0.717, 1.165) is 17.5 Å². The van der Waals surface area contributed by atoms with Gasteiger partial charge in [0.2, 0.25) is 0 Å². The van der Waals surface area contributed by atoms with Crippen LogP contribution in [0.2, 0.25) is 0 Å². The molecule has 20 heavy (non-hydrogen) atoms. The minimum atomic E-state index is -2.64.